The lowest BCUT2D eigenvalue weighted by Gasteiger charge is -2.23. The summed E-state index contributed by atoms with van der Waals surface area (Å²) in [6, 6.07) is 3.30. The summed E-state index contributed by atoms with van der Waals surface area (Å²) >= 11 is 0. The van der Waals surface area contributed by atoms with Crippen LogP contribution in [0.5, 0.6) is 5.75 Å². The van der Waals surface area contributed by atoms with E-state index in [0.717, 1.165) is 23.3 Å². The molecule has 0 saturated heterocycles. The topological polar surface area (TPSA) is 9.23 Å². The third kappa shape index (κ3) is 1.20. The fraction of sp³-hybridized carbons (Fsp3) is 0.538. The second-order valence-electron chi connectivity index (χ2n) is 5.58. The van der Waals surface area contributed by atoms with Crippen molar-refractivity contribution in [1.29, 1.82) is 0 Å². The Morgan fingerprint density at radius 2 is 2.07 bits per heavy atom. The number of fused-ring (bicyclic) bond motifs is 3. The minimum atomic E-state index is -0.143. The summed E-state index contributed by atoms with van der Waals surface area (Å²) in [5.74, 6) is 1.28. The van der Waals surface area contributed by atoms with Gasteiger partial charge in [0.15, 0.2) is 0 Å². The summed E-state index contributed by atoms with van der Waals surface area (Å²) in [6.45, 7) is 6.17. The molecule has 1 fully saturated rings. The van der Waals surface area contributed by atoms with Crippen molar-refractivity contribution in [3.63, 3.8) is 0 Å². The van der Waals surface area contributed by atoms with Crippen LogP contribution in [0.4, 0.5) is 4.39 Å². The zero-order chi connectivity index (χ0) is 10.8. The van der Waals surface area contributed by atoms with Gasteiger partial charge in [-0.15, -0.1) is 0 Å². The fourth-order valence-electron chi connectivity index (χ4n) is 2.58. The summed E-state index contributed by atoms with van der Waals surface area (Å²) in [5, 5.41) is 0. The number of hydrogen-bond donors (Lipinski definition) is 0. The van der Waals surface area contributed by atoms with Gasteiger partial charge in [0.2, 0.25) is 0 Å². The zero-order valence-corrected chi connectivity index (χ0v) is 9.30. The van der Waals surface area contributed by atoms with Crippen molar-refractivity contribution in [3.8, 4) is 5.75 Å². The van der Waals surface area contributed by atoms with Crippen LogP contribution in [0.3, 0.4) is 0 Å². The molecule has 1 aliphatic heterocycles. The highest BCUT2D eigenvalue weighted by Crippen LogP contribution is 2.56. The molecule has 0 bridgehead atoms. The Morgan fingerprint density at radius 1 is 1.33 bits per heavy atom. The molecule has 80 valence electrons. The van der Waals surface area contributed by atoms with Gasteiger partial charge in [0, 0.05) is 17.0 Å². The predicted molar refractivity (Wildman–Crippen MR) is 56.9 cm³/mol. The van der Waals surface area contributed by atoms with E-state index in [9.17, 15) is 4.39 Å². The van der Waals surface area contributed by atoms with Gasteiger partial charge in [-0.3, -0.25) is 0 Å². The zero-order valence-electron chi connectivity index (χ0n) is 9.30. The summed E-state index contributed by atoms with van der Waals surface area (Å²) in [7, 11) is 0. The molecule has 1 aromatic rings. The van der Waals surface area contributed by atoms with Crippen molar-refractivity contribution in [2.24, 2.45) is 0 Å². The Bertz CT molecular complexity index is 431. The smallest absolute Gasteiger partial charge is 0.127 e. The van der Waals surface area contributed by atoms with Crippen LogP contribution in [-0.4, -0.2) is 6.10 Å². The van der Waals surface area contributed by atoms with Crippen molar-refractivity contribution in [1.82, 2.24) is 0 Å². The lowest BCUT2D eigenvalue weighted by atomic mass is 9.82. The molecule has 3 rings (SSSR count). The van der Waals surface area contributed by atoms with Crippen LogP contribution in [-0.2, 0) is 5.41 Å². The maximum Gasteiger partial charge on any atom is 0.127 e. The Hall–Kier alpha value is -1.05. The molecule has 1 nitrogen and oxygen atoms in total. The molecule has 0 unspecified atom stereocenters. The van der Waals surface area contributed by atoms with Gasteiger partial charge in [-0.1, -0.05) is 20.8 Å². The van der Waals surface area contributed by atoms with Gasteiger partial charge in [0.05, 0.1) is 0 Å². The Labute approximate surface area is 89.3 Å². The number of benzene rings is 1. The van der Waals surface area contributed by atoms with E-state index in [2.05, 4.69) is 20.8 Å². The first kappa shape index (κ1) is 9.20. The summed E-state index contributed by atoms with van der Waals surface area (Å²) in [4.78, 5) is 0. The summed E-state index contributed by atoms with van der Waals surface area (Å²) in [5.41, 5.74) is 1.84. The van der Waals surface area contributed by atoms with Crippen molar-refractivity contribution in [2.45, 2.75) is 44.6 Å². The van der Waals surface area contributed by atoms with Crippen LogP contribution in [0.15, 0.2) is 12.1 Å². The van der Waals surface area contributed by atoms with E-state index < -0.39 is 0 Å². The van der Waals surface area contributed by atoms with Gasteiger partial charge in [-0.2, -0.15) is 0 Å². The largest absolute Gasteiger partial charge is 0.489 e. The first-order chi connectivity index (χ1) is 6.98. The van der Waals surface area contributed by atoms with E-state index in [1.165, 1.54) is 6.07 Å². The van der Waals surface area contributed by atoms with E-state index in [1.54, 1.807) is 6.07 Å². The second kappa shape index (κ2) is 2.55. The number of rotatable bonds is 0. The van der Waals surface area contributed by atoms with Gasteiger partial charge < -0.3 is 4.74 Å². The number of ether oxygens (including phenoxy) is 1. The van der Waals surface area contributed by atoms with E-state index in [0.29, 0.717) is 12.0 Å². The number of hydrogen-bond acceptors (Lipinski definition) is 1. The summed E-state index contributed by atoms with van der Waals surface area (Å²) in [6.07, 6.45) is 1.40. The van der Waals surface area contributed by atoms with Gasteiger partial charge in [0.1, 0.15) is 17.7 Å². The standard InChI is InChI=1S/C13H15FO/c1-13(2,3)12-8(14)4-5-9-11(12)7-6-10(7)15-9/h4-5,7,10H,6H2,1-3H3/t7-,10+/m0/s1. The molecule has 2 heteroatoms. The van der Waals surface area contributed by atoms with Crippen LogP contribution in [0, 0.1) is 5.82 Å². The molecule has 0 spiro atoms. The Kier molecular flexibility index (Phi) is 1.56. The van der Waals surface area contributed by atoms with E-state index in [1.807, 2.05) is 0 Å². The molecular weight excluding hydrogens is 191 g/mol. The van der Waals surface area contributed by atoms with Gasteiger partial charge in [-0.05, 0) is 24.0 Å². The quantitative estimate of drug-likeness (QED) is 0.632. The molecular formula is C13H15FO. The maximum atomic E-state index is 13.9. The molecule has 2 atom stereocenters. The molecule has 1 aliphatic carbocycles. The van der Waals surface area contributed by atoms with Gasteiger partial charge in [0.25, 0.3) is 0 Å². The van der Waals surface area contributed by atoms with Crippen LogP contribution >= 0.6 is 0 Å². The van der Waals surface area contributed by atoms with Gasteiger partial charge >= 0.3 is 0 Å². The molecule has 1 saturated carbocycles. The lowest BCUT2D eigenvalue weighted by Crippen LogP contribution is -2.16. The molecule has 0 radical (unpaired) electrons. The average molecular weight is 206 g/mol. The monoisotopic (exact) mass is 206 g/mol. The highest BCUT2D eigenvalue weighted by Gasteiger charge is 2.50. The predicted octanol–water partition coefficient (Wildman–Crippen LogP) is 3.37. The molecule has 2 aliphatic rings. The lowest BCUT2D eigenvalue weighted by molar-refractivity contribution is 0.318. The molecule has 1 aromatic carbocycles. The molecule has 1 heterocycles. The second-order valence-corrected chi connectivity index (χ2v) is 5.58. The fourth-order valence-corrected chi connectivity index (χ4v) is 2.58. The first-order valence-electron chi connectivity index (χ1n) is 5.48. The Balaban J connectivity index is 2.24. The average Bonchev–Trinajstić information content (AvgIpc) is 2.78. The summed E-state index contributed by atoms with van der Waals surface area (Å²) < 4.78 is 19.6. The highest BCUT2D eigenvalue weighted by molar-refractivity contribution is 5.53. The van der Waals surface area contributed by atoms with Crippen molar-refractivity contribution < 1.29 is 9.13 Å². The third-order valence-electron chi connectivity index (χ3n) is 3.29. The van der Waals surface area contributed by atoms with Crippen LogP contribution in [0.25, 0.3) is 0 Å². The van der Waals surface area contributed by atoms with Crippen LogP contribution in [0.1, 0.15) is 44.2 Å². The normalized spacial score (nSPS) is 26.9. The number of halogens is 1. The van der Waals surface area contributed by atoms with E-state index in [4.69, 9.17) is 4.74 Å². The minimum absolute atomic E-state index is 0.0857. The van der Waals surface area contributed by atoms with Crippen LogP contribution in [0.2, 0.25) is 0 Å². The third-order valence-corrected chi connectivity index (χ3v) is 3.29. The first-order valence-corrected chi connectivity index (χ1v) is 5.48. The van der Waals surface area contributed by atoms with Crippen molar-refractivity contribution >= 4 is 0 Å². The molecule has 0 aromatic heterocycles. The van der Waals surface area contributed by atoms with Crippen LogP contribution < -0.4 is 4.74 Å². The SMILES string of the molecule is CC(C)(C)c1c(F)ccc2c1[C@H]1C[C@H]1O2. The Morgan fingerprint density at radius 3 is 2.73 bits per heavy atom. The molecule has 0 amide bonds. The minimum Gasteiger partial charge on any atom is -0.489 e. The molecule has 0 N–H and O–H groups in total. The maximum absolute atomic E-state index is 13.9. The van der Waals surface area contributed by atoms with Crippen molar-refractivity contribution in [3.05, 3.63) is 29.1 Å². The molecule has 15 heavy (non-hydrogen) atoms. The van der Waals surface area contributed by atoms with E-state index >= 15 is 0 Å². The van der Waals surface area contributed by atoms with Crippen molar-refractivity contribution in [2.75, 3.05) is 0 Å². The van der Waals surface area contributed by atoms with Gasteiger partial charge in [-0.25, -0.2) is 4.39 Å². The highest BCUT2D eigenvalue weighted by atomic mass is 19.1. The van der Waals surface area contributed by atoms with E-state index in [-0.39, 0.29) is 11.2 Å².